The van der Waals surface area contributed by atoms with Gasteiger partial charge in [-0.05, 0) is 55.9 Å². The Balaban J connectivity index is 0.000000258. The van der Waals surface area contributed by atoms with Crippen LogP contribution >= 0.6 is 35.1 Å². The number of nitrogens with one attached hydrogen (secondary N) is 1. The van der Waals surface area contributed by atoms with Crippen LogP contribution in [0.2, 0.25) is 5.02 Å². The van der Waals surface area contributed by atoms with E-state index in [9.17, 15) is 0 Å². The molecular formula is C15H24ClNS2. The Bertz CT molecular complexity index is 335. The molecule has 1 aromatic rings. The molecule has 0 spiro atoms. The van der Waals surface area contributed by atoms with Gasteiger partial charge in [-0.25, -0.2) is 0 Å². The van der Waals surface area contributed by atoms with E-state index in [1.54, 1.807) is 0 Å². The summed E-state index contributed by atoms with van der Waals surface area (Å²) in [5.74, 6) is 3.41. The second-order valence-corrected chi connectivity index (χ2v) is 7.97. The molecule has 0 aromatic heterocycles. The second-order valence-electron chi connectivity index (χ2n) is 5.01. The maximum absolute atomic E-state index is 5.81. The SMILES string of the molecule is CNCC(C)C.Clc1ccc(SC2CCSC2)cc1. The van der Waals surface area contributed by atoms with Gasteiger partial charge >= 0.3 is 0 Å². The third kappa shape index (κ3) is 8.13. The van der Waals surface area contributed by atoms with Crippen molar-refractivity contribution in [2.24, 2.45) is 5.92 Å². The summed E-state index contributed by atoms with van der Waals surface area (Å²) >= 11 is 9.85. The van der Waals surface area contributed by atoms with Crippen LogP contribution in [0.3, 0.4) is 0 Å². The van der Waals surface area contributed by atoms with Crippen LogP contribution in [-0.4, -0.2) is 30.3 Å². The predicted octanol–water partition coefficient (Wildman–Crippen LogP) is 4.80. The Hall–Kier alpha value is 0.170. The maximum Gasteiger partial charge on any atom is 0.0406 e. The Morgan fingerprint density at radius 2 is 2.05 bits per heavy atom. The van der Waals surface area contributed by atoms with E-state index in [4.69, 9.17) is 11.6 Å². The normalized spacial score (nSPS) is 18.3. The van der Waals surface area contributed by atoms with Crippen molar-refractivity contribution in [2.75, 3.05) is 25.1 Å². The summed E-state index contributed by atoms with van der Waals surface area (Å²) in [5.41, 5.74) is 0. The highest BCUT2D eigenvalue weighted by molar-refractivity contribution is 8.04. The molecule has 1 aliphatic rings. The first kappa shape index (κ1) is 17.2. The van der Waals surface area contributed by atoms with Gasteiger partial charge in [-0.3, -0.25) is 0 Å². The molecule has 0 saturated carbocycles. The van der Waals surface area contributed by atoms with Crippen molar-refractivity contribution in [2.45, 2.75) is 30.4 Å². The van der Waals surface area contributed by atoms with Crippen molar-refractivity contribution in [3.8, 4) is 0 Å². The first-order chi connectivity index (χ1) is 9.11. The van der Waals surface area contributed by atoms with Crippen LogP contribution in [0.4, 0.5) is 0 Å². The minimum absolute atomic E-state index is 0.787. The summed E-state index contributed by atoms with van der Waals surface area (Å²) in [5, 5.41) is 4.70. The molecule has 0 bridgehead atoms. The molecule has 1 nitrogen and oxygen atoms in total. The lowest BCUT2D eigenvalue weighted by Crippen LogP contribution is -2.12. The number of halogens is 1. The summed E-state index contributed by atoms with van der Waals surface area (Å²) in [4.78, 5) is 1.34. The van der Waals surface area contributed by atoms with Gasteiger partial charge in [0.2, 0.25) is 0 Å². The second kappa shape index (κ2) is 9.98. The van der Waals surface area contributed by atoms with Crippen LogP contribution in [0.15, 0.2) is 29.2 Å². The van der Waals surface area contributed by atoms with E-state index in [1.807, 2.05) is 30.9 Å². The van der Waals surface area contributed by atoms with E-state index >= 15 is 0 Å². The average molecular weight is 318 g/mol. The molecule has 108 valence electrons. The smallest absolute Gasteiger partial charge is 0.0406 e. The summed E-state index contributed by atoms with van der Waals surface area (Å²) in [7, 11) is 1.97. The van der Waals surface area contributed by atoms with Gasteiger partial charge in [-0.15, -0.1) is 11.8 Å². The van der Waals surface area contributed by atoms with Gasteiger partial charge in [0, 0.05) is 20.9 Å². The lowest BCUT2D eigenvalue weighted by Gasteiger charge is -2.07. The Morgan fingerprint density at radius 1 is 1.37 bits per heavy atom. The highest BCUT2D eigenvalue weighted by Crippen LogP contribution is 2.33. The number of benzene rings is 1. The van der Waals surface area contributed by atoms with Crippen LogP contribution in [0, 0.1) is 5.92 Å². The lowest BCUT2D eigenvalue weighted by atomic mass is 10.2. The molecule has 0 radical (unpaired) electrons. The van der Waals surface area contributed by atoms with Crippen molar-refractivity contribution < 1.29 is 0 Å². The van der Waals surface area contributed by atoms with Gasteiger partial charge in [-0.2, -0.15) is 11.8 Å². The van der Waals surface area contributed by atoms with E-state index in [0.29, 0.717) is 0 Å². The molecule has 1 aliphatic heterocycles. The van der Waals surface area contributed by atoms with Crippen molar-refractivity contribution >= 4 is 35.1 Å². The highest BCUT2D eigenvalue weighted by Gasteiger charge is 2.16. The van der Waals surface area contributed by atoms with Gasteiger partial charge in [-0.1, -0.05) is 25.4 Å². The molecule has 0 aliphatic carbocycles. The molecule has 1 atom stereocenters. The zero-order chi connectivity index (χ0) is 14.1. The number of hydrogen-bond acceptors (Lipinski definition) is 3. The van der Waals surface area contributed by atoms with Gasteiger partial charge in [0.1, 0.15) is 0 Å². The zero-order valence-electron chi connectivity index (χ0n) is 12.0. The predicted molar refractivity (Wildman–Crippen MR) is 91.8 cm³/mol. The average Bonchev–Trinajstić information content (AvgIpc) is 2.86. The fraction of sp³-hybridized carbons (Fsp3) is 0.600. The van der Waals surface area contributed by atoms with E-state index < -0.39 is 0 Å². The Morgan fingerprint density at radius 3 is 2.47 bits per heavy atom. The lowest BCUT2D eigenvalue weighted by molar-refractivity contribution is 0.595. The van der Waals surface area contributed by atoms with Gasteiger partial charge < -0.3 is 5.32 Å². The quantitative estimate of drug-likeness (QED) is 0.856. The molecule has 1 heterocycles. The number of hydrogen-bond donors (Lipinski definition) is 1. The van der Waals surface area contributed by atoms with Crippen molar-refractivity contribution in [3.63, 3.8) is 0 Å². The molecular weight excluding hydrogens is 294 g/mol. The van der Waals surface area contributed by atoms with Gasteiger partial charge in [0.25, 0.3) is 0 Å². The number of rotatable bonds is 4. The minimum Gasteiger partial charge on any atom is -0.319 e. The van der Waals surface area contributed by atoms with E-state index in [-0.39, 0.29) is 0 Å². The van der Waals surface area contributed by atoms with E-state index in [2.05, 4.69) is 43.1 Å². The summed E-state index contributed by atoms with van der Waals surface area (Å²) in [6.45, 7) is 5.51. The minimum atomic E-state index is 0.787. The first-order valence-electron chi connectivity index (χ1n) is 6.76. The third-order valence-electron chi connectivity index (χ3n) is 2.62. The Labute approximate surface area is 131 Å². The standard InChI is InChI=1S/C10H11ClS2.C5H13N/c11-8-1-3-9(4-2-8)13-10-5-6-12-7-10;1-5(2)4-6-3/h1-4,10H,5-7H2;5-6H,4H2,1-3H3. The van der Waals surface area contributed by atoms with Crippen molar-refractivity contribution in [1.82, 2.24) is 5.32 Å². The first-order valence-corrected chi connectivity index (χ1v) is 9.17. The Kier molecular flexibility index (Phi) is 9.04. The topological polar surface area (TPSA) is 12.0 Å². The van der Waals surface area contributed by atoms with E-state index in [0.717, 1.165) is 22.7 Å². The fourth-order valence-electron chi connectivity index (χ4n) is 1.72. The molecule has 1 saturated heterocycles. The van der Waals surface area contributed by atoms with E-state index in [1.165, 1.54) is 22.8 Å². The zero-order valence-corrected chi connectivity index (χ0v) is 14.4. The molecule has 0 amide bonds. The van der Waals surface area contributed by atoms with Crippen molar-refractivity contribution in [3.05, 3.63) is 29.3 Å². The number of thioether (sulfide) groups is 2. The van der Waals surface area contributed by atoms with Crippen LogP contribution < -0.4 is 5.32 Å². The van der Waals surface area contributed by atoms with Crippen molar-refractivity contribution in [1.29, 1.82) is 0 Å². The third-order valence-corrected chi connectivity index (χ3v) is 5.52. The molecule has 1 unspecified atom stereocenters. The maximum atomic E-state index is 5.81. The van der Waals surface area contributed by atoms with Crippen LogP contribution in [0.1, 0.15) is 20.3 Å². The van der Waals surface area contributed by atoms with Gasteiger partial charge in [0.15, 0.2) is 0 Å². The molecule has 19 heavy (non-hydrogen) atoms. The van der Waals surface area contributed by atoms with Gasteiger partial charge in [0.05, 0.1) is 0 Å². The van der Waals surface area contributed by atoms with Crippen LogP contribution in [0.5, 0.6) is 0 Å². The molecule has 1 N–H and O–H groups in total. The monoisotopic (exact) mass is 317 g/mol. The van der Waals surface area contributed by atoms with Crippen LogP contribution in [0.25, 0.3) is 0 Å². The largest absolute Gasteiger partial charge is 0.319 e. The van der Waals surface area contributed by atoms with Crippen LogP contribution in [-0.2, 0) is 0 Å². The highest BCUT2D eigenvalue weighted by atomic mass is 35.5. The summed E-state index contributed by atoms with van der Waals surface area (Å²) < 4.78 is 0. The molecule has 4 heteroatoms. The summed E-state index contributed by atoms with van der Waals surface area (Å²) in [6.07, 6.45) is 1.35. The molecule has 1 fully saturated rings. The molecule has 1 aromatic carbocycles. The fourth-order valence-corrected chi connectivity index (χ4v) is 4.52. The molecule has 2 rings (SSSR count). The summed E-state index contributed by atoms with van der Waals surface area (Å²) in [6, 6.07) is 8.14.